The van der Waals surface area contributed by atoms with Crippen LogP contribution >= 0.6 is 0 Å². The van der Waals surface area contributed by atoms with Crippen LogP contribution < -0.4 is 25.0 Å². The van der Waals surface area contributed by atoms with Gasteiger partial charge in [0.05, 0.1) is 13.3 Å². The summed E-state index contributed by atoms with van der Waals surface area (Å²) in [6.07, 6.45) is 3.04. The summed E-state index contributed by atoms with van der Waals surface area (Å²) in [6, 6.07) is 21.0. The Balaban J connectivity index is 1.51. The molecule has 0 atom stereocenters. The van der Waals surface area contributed by atoms with E-state index in [0.29, 0.717) is 33.9 Å². The third-order valence-corrected chi connectivity index (χ3v) is 4.73. The first-order valence-corrected chi connectivity index (χ1v) is 10.1. The standard InChI is InChI=1S/C25H21N3O5/c1-31-20-10-7-17(8-11-20)13-21(27-24(29)19-5-3-2-4-6-19)25(30)28-26-15-18-9-12-22-23(14-18)33-16-32-22/h2-15H,16H2,1H3,(H,27,29)(H,28,30)/b21-13+,26-15+. The summed E-state index contributed by atoms with van der Waals surface area (Å²) in [7, 11) is 1.57. The zero-order valence-electron chi connectivity index (χ0n) is 17.8. The zero-order chi connectivity index (χ0) is 23.0. The monoisotopic (exact) mass is 443 g/mol. The molecule has 0 unspecified atom stereocenters. The molecule has 4 rings (SSSR count). The van der Waals surface area contributed by atoms with Crippen LogP contribution in [0.1, 0.15) is 21.5 Å². The Bertz CT molecular complexity index is 1200. The number of hydrogen-bond donors (Lipinski definition) is 2. The van der Waals surface area contributed by atoms with Crippen LogP contribution in [0.15, 0.2) is 83.6 Å². The number of benzene rings is 3. The van der Waals surface area contributed by atoms with Gasteiger partial charge in [-0.1, -0.05) is 30.3 Å². The predicted molar refractivity (Wildman–Crippen MR) is 123 cm³/mol. The van der Waals surface area contributed by atoms with E-state index in [2.05, 4.69) is 15.8 Å². The number of hydrogen-bond acceptors (Lipinski definition) is 6. The minimum absolute atomic E-state index is 0.0388. The van der Waals surface area contributed by atoms with Crippen LogP contribution in [-0.2, 0) is 4.79 Å². The van der Waals surface area contributed by atoms with Gasteiger partial charge >= 0.3 is 0 Å². The second kappa shape index (κ2) is 10.1. The molecule has 0 spiro atoms. The summed E-state index contributed by atoms with van der Waals surface area (Å²) >= 11 is 0. The van der Waals surface area contributed by atoms with Gasteiger partial charge in [-0.15, -0.1) is 0 Å². The maximum Gasteiger partial charge on any atom is 0.287 e. The van der Waals surface area contributed by atoms with Crippen LogP contribution in [0.2, 0.25) is 0 Å². The van der Waals surface area contributed by atoms with Crippen molar-refractivity contribution in [2.45, 2.75) is 0 Å². The Morgan fingerprint density at radius 1 is 0.939 bits per heavy atom. The molecule has 0 radical (unpaired) electrons. The lowest BCUT2D eigenvalue weighted by Crippen LogP contribution is -2.32. The van der Waals surface area contributed by atoms with Crippen molar-refractivity contribution >= 4 is 24.1 Å². The van der Waals surface area contributed by atoms with Crippen LogP contribution in [0.5, 0.6) is 17.2 Å². The lowest BCUT2D eigenvalue weighted by molar-refractivity contribution is -0.117. The molecule has 1 aliphatic rings. The summed E-state index contributed by atoms with van der Waals surface area (Å²) < 4.78 is 15.8. The number of carbonyl (C=O) groups excluding carboxylic acids is 2. The number of amides is 2. The molecule has 8 nitrogen and oxygen atoms in total. The van der Waals surface area contributed by atoms with E-state index >= 15 is 0 Å². The van der Waals surface area contributed by atoms with Gasteiger partial charge < -0.3 is 19.5 Å². The van der Waals surface area contributed by atoms with Crippen molar-refractivity contribution in [3.05, 3.63) is 95.2 Å². The molecule has 2 amide bonds. The first-order valence-electron chi connectivity index (χ1n) is 10.1. The highest BCUT2D eigenvalue weighted by atomic mass is 16.7. The van der Waals surface area contributed by atoms with Crippen LogP contribution in [0.25, 0.3) is 6.08 Å². The Morgan fingerprint density at radius 3 is 2.42 bits per heavy atom. The first kappa shape index (κ1) is 21.6. The van der Waals surface area contributed by atoms with Gasteiger partial charge in [-0.05, 0) is 59.7 Å². The van der Waals surface area contributed by atoms with E-state index in [-0.39, 0.29) is 12.5 Å². The van der Waals surface area contributed by atoms with Crippen molar-refractivity contribution in [1.82, 2.24) is 10.7 Å². The SMILES string of the molecule is COc1ccc(/C=C(/NC(=O)c2ccccc2)C(=O)N/N=C/c2ccc3c(c2)OCO3)cc1. The minimum Gasteiger partial charge on any atom is -0.497 e. The Morgan fingerprint density at radius 2 is 1.67 bits per heavy atom. The molecule has 1 aliphatic heterocycles. The van der Waals surface area contributed by atoms with Gasteiger partial charge in [-0.25, -0.2) is 5.43 Å². The fraction of sp³-hybridized carbons (Fsp3) is 0.0800. The highest BCUT2D eigenvalue weighted by molar-refractivity contribution is 6.05. The van der Waals surface area contributed by atoms with Gasteiger partial charge in [0.2, 0.25) is 6.79 Å². The molecule has 0 bridgehead atoms. The lowest BCUT2D eigenvalue weighted by atomic mass is 10.1. The smallest absolute Gasteiger partial charge is 0.287 e. The van der Waals surface area contributed by atoms with E-state index < -0.39 is 11.8 Å². The number of rotatable bonds is 7. The van der Waals surface area contributed by atoms with Crippen molar-refractivity contribution in [3.8, 4) is 17.2 Å². The van der Waals surface area contributed by atoms with E-state index in [1.54, 1.807) is 79.9 Å². The molecule has 0 aliphatic carbocycles. The molecule has 8 heteroatoms. The Hall–Kier alpha value is -4.59. The summed E-state index contributed by atoms with van der Waals surface area (Å²) in [5.74, 6) is 0.960. The molecule has 0 aromatic heterocycles. The third kappa shape index (κ3) is 5.56. The molecule has 166 valence electrons. The highest BCUT2D eigenvalue weighted by Crippen LogP contribution is 2.31. The number of carbonyl (C=O) groups is 2. The number of ether oxygens (including phenoxy) is 3. The van der Waals surface area contributed by atoms with Gasteiger partial charge in [0.15, 0.2) is 11.5 Å². The van der Waals surface area contributed by atoms with Crippen LogP contribution in [0.4, 0.5) is 0 Å². The van der Waals surface area contributed by atoms with E-state index in [9.17, 15) is 9.59 Å². The zero-order valence-corrected chi connectivity index (χ0v) is 17.8. The average Bonchev–Trinajstić information content (AvgIpc) is 3.32. The van der Waals surface area contributed by atoms with Crippen molar-refractivity contribution < 1.29 is 23.8 Å². The van der Waals surface area contributed by atoms with Crippen LogP contribution in [-0.4, -0.2) is 31.9 Å². The number of nitrogens with zero attached hydrogens (tertiary/aromatic N) is 1. The van der Waals surface area contributed by atoms with Gasteiger partial charge in [0.1, 0.15) is 11.4 Å². The van der Waals surface area contributed by atoms with Crippen LogP contribution in [0.3, 0.4) is 0 Å². The fourth-order valence-corrected chi connectivity index (χ4v) is 3.03. The number of fused-ring (bicyclic) bond motifs is 1. The topological polar surface area (TPSA) is 98.2 Å². The van der Waals surface area contributed by atoms with Crippen molar-refractivity contribution in [2.75, 3.05) is 13.9 Å². The van der Waals surface area contributed by atoms with E-state index in [1.807, 2.05) is 6.07 Å². The van der Waals surface area contributed by atoms with E-state index in [1.165, 1.54) is 6.21 Å². The highest BCUT2D eigenvalue weighted by Gasteiger charge is 2.15. The largest absolute Gasteiger partial charge is 0.497 e. The molecular formula is C25H21N3O5. The predicted octanol–water partition coefficient (Wildman–Crippen LogP) is 3.35. The summed E-state index contributed by atoms with van der Waals surface area (Å²) in [6.45, 7) is 0.174. The Labute approximate surface area is 190 Å². The molecule has 1 heterocycles. The van der Waals surface area contributed by atoms with Gasteiger partial charge in [-0.2, -0.15) is 5.10 Å². The number of nitrogens with one attached hydrogen (secondary N) is 2. The second-order valence-corrected chi connectivity index (χ2v) is 6.96. The van der Waals surface area contributed by atoms with E-state index in [0.717, 1.165) is 0 Å². The van der Waals surface area contributed by atoms with Gasteiger partial charge in [0, 0.05) is 5.56 Å². The first-order chi connectivity index (χ1) is 16.1. The molecule has 3 aromatic rings. The third-order valence-electron chi connectivity index (χ3n) is 4.73. The number of hydrazone groups is 1. The second-order valence-electron chi connectivity index (χ2n) is 6.96. The quantitative estimate of drug-likeness (QED) is 0.332. The molecule has 0 saturated heterocycles. The summed E-state index contributed by atoms with van der Waals surface area (Å²) in [5.41, 5.74) is 4.33. The summed E-state index contributed by atoms with van der Waals surface area (Å²) in [5, 5.41) is 6.67. The molecule has 33 heavy (non-hydrogen) atoms. The molecule has 2 N–H and O–H groups in total. The Kier molecular flexibility index (Phi) is 6.65. The van der Waals surface area contributed by atoms with Gasteiger partial charge in [-0.3, -0.25) is 9.59 Å². The molecule has 0 saturated carbocycles. The van der Waals surface area contributed by atoms with Crippen molar-refractivity contribution in [3.63, 3.8) is 0 Å². The van der Waals surface area contributed by atoms with Crippen LogP contribution in [0, 0.1) is 0 Å². The van der Waals surface area contributed by atoms with Crippen molar-refractivity contribution in [1.29, 1.82) is 0 Å². The van der Waals surface area contributed by atoms with Crippen molar-refractivity contribution in [2.24, 2.45) is 5.10 Å². The maximum absolute atomic E-state index is 12.8. The lowest BCUT2D eigenvalue weighted by Gasteiger charge is -2.09. The average molecular weight is 443 g/mol. The summed E-state index contributed by atoms with van der Waals surface area (Å²) in [4.78, 5) is 25.5. The molecule has 0 fully saturated rings. The molecule has 3 aromatic carbocycles. The number of methoxy groups -OCH3 is 1. The molecular weight excluding hydrogens is 422 g/mol. The normalized spacial score (nSPS) is 12.5. The van der Waals surface area contributed by atoms with E-state index in [4.69, 9.17) is 14.2 Å². The fourth-order valence-electron chi connectivity index (χ4n) is 3.03. The maximum atomic E-state index is 12.8. The van der Waals surface area contributed by atoms with Gasteiger partial charge in [0.25, 0.3) is 11.8 Å². The minimum atomic E-state index is -0.577.